The van der Waals surface area contributed by atoms with Gasteiger partial charge in [-0.05, 0) is 63.1 Å². The van der Waals surface area contributed by atoms with Crippen molar-refractivity contribution in [3.63, 3.8) is 0 Å². The van der Waals surface area contributed by atoms with Crippen molar-refractivity contribution in [1.82, 2.24) is 4.90 Å². The molecular weight excluding hydrogens is 208 g/mol. The number of hydrogen-bond acceptors (Lipinski definition) is 2. The van der Waals surface area contributed by atoms with E-state index in [1.165, 1.54) is 58.0 Å². The van der Waals surface area contributed by atoms with Crippen molar-refractivity contribution in [3.8, 4) is 0 Å². The van der Waals surface area contributed by atoms with Crippen molar-refractivity contribution in [2.24, 2.45) is 17.1 Å². The normalized spacial score (nSPS) is 30.5. The van der Waals surface area contributed by atoms with Crippen LogP contribution in [0.2, 0.25) is 0 Å². The van der Waals surface area contributed by atoms with Crippen LogP contribution in [0.1, 0.15) is 58.8 Å². The Bertz CT molecular complexity index is 237. The van der Waals surface area contributed by atoms with E-state index in [4.69, 9.17) is 5.73 Å². The number of fused-ring (bicyclic) bond motifs is 1. The molecule has 2 fully saturated rings. The Kier molecular flexibility index (Phi) is 4.48. The SMILES string of the molecule is CC(C)(CN)CCCN1CCC2CCCCC21. The molecule has 0 aromatic rings. The van der Waals surface area contributed by atoms with Crippen LogP contribution in [-0.4, -0.2) is 30.6 Å². The molecule has 2 unspecified atom stereocenters. The van der Waals surface area contributed by atoms with Crippen LogP contribution >= 0.6 is 0 Å². The topological polar surface area (TPSA) is 29.3 Å². The van der Waals surface area contributed by atoms with Gasteiger partial charge in [0, 0.05) is 6.04 Å². The molecule has 0 spiro atoms. The van der Waals surface area contributed by atoms with Crippen molar-refractivity contribution < 1.29 is 0 Å². The van der Waals surface area contributed by atoms with E-state index in [9.17, 15) is 0 Å². The van der Waals surface area contributed by atoms with E-state index in [0.717, 1.165) is 18.5 Å². The van der Waals surface area contributed by atoms with Crippen LogP contribution < -0.4 is 5.73 Å². The fourth-order valence-corrected chi connectivity index (χ4v) is 3.64. The predicted molar refractivity (Wildman–Crippen MR) is 74.0 cm³/mol. The zero-order chi connectivity index (χ0) is 12.3. The number of rotatable bonds is 5. The molecule has 1 aliphatic carbocycles. The third-order valence-electron chi connectivity index (χ3n) is 4.98. The summed E-state index contributed by atoms with van der Waals surface area (Å²) in [7, 11) is 0. The largest absolute Gasteiger partial charge is 0.330 e. The van der Waals surface area contributed by atoms with Crippen LogP contribution in [0.3, 0.4) is 0 Å². The van der Waals surface area contributed by atoms with Gasteiger partial charge in [0.15, 0.2) is 0 Å². The highest BCUT2D eigenvalue weighted by Gasteiger charge is 2.35. The van der Waals surface area contributed by atoms with Gasteiger partial charge in [0.25, 0.3) is 0 Å². The summed E-state index contributed by atoms with van der Waals surface area (Å²) in [6.45, 7) is 8.07. The highest BCUT2D eigenvalue weighted by atomic mass is 15.2. The van der Waals surface area contributed by atoms with Crippen LogP contribution in [0, 0.1) is 11.3 Å². The minimum absolute atomic E-state index is 0.339. The Labute approximate surface area is 107 Å². The minimum Gasteiger partial charge on any atom is -0.330 e. The van der Waals surface area contributed by atoms with Crippen LogP contribution in [0.4, 0.5) is 0 Å². The van der Waals surface area contributed by atoms with E-state index in [-0.39, 0.29) is 0 Å². The standard InChI is InChI=1S/C15H30N2/c1-15(2,12-16)9-5-10-17-11-8-13-6-3-4-7-14(13)17/h13-14H,3-12,16H2,1-2H3. The van der Waals surface area contributed by atoms with Gasteiger partial charge in [0.1, 0.15) is 0 Å². The van der Waals surface area contributed by atoms with Crippen LogP contribution in [0.15, 0.2) is 0 Å². The lowest BCUT2D eigenvalue weighted by atomic mass is 9.85. The predicted octanol–water partition coefficient (Wildman–Crippen LogP) is 3.02. The van der Waals surface area contributed by atoms with Gasteiger partial charge in [-0.15, -0.1) is 0 Å². The summed E-state index contributed by atoms with van der Waals surface area (Å²) in [5.41, 5.74) is 6.13. The molecule has 2 rings (SSSR count). The second kappa shape index (κ2) is 5.71. The molecule has 1 heterocycles. The Morgan fingerprint density at radius 3 is 2.71 bits per heavy atom. The molecular formula is C15H30N2. The molecule has 17 heavy (non-hydrogen) atoms. The van der Waals surface area contributed by atoms with E-state index in [1.54, 1.807) is 0 Å². The molecule has 0 amide bonds. The number of nitrogens with two attached hydrogens (primary N) is 1. The van der Waals surface area contributed by atoms with Gasteiger partial charge in [-0.25, -0.2) is 0 Å². The quantitative estimate of drug-likeness (QED) is 0.798. The van der Waals surface area contributed by atoms with Crippen molar-refractivity contribution in [2.75, 3.05) is 19.6 Å². The number of likely N-dealkylation sites (tertiary alicyclic amines) is 1. The monoisotopic (exact) mass is 238 g/mol. The van der Waals surface area contributed by atoms with Gasteiger partial charge in [-0.3, -0.25) is 0 Å². The van der Waals surface area contributed by atoms with Gasteiger partial charge < -0.3 is 10.6 Å². The molecule has 0 bridgehead atoms. The zero-order valence-corrected chi connectivity index (χ0v) is 11.8. The third kappa shape index (κ3) is 3.45. The molecule has 0 aromatic carbocycles. The summed E-state index contributed by atoms with van der Waals surface area (Å²) in [5.74, 6) is 1.03. The Morgan fingerprint density at radius 2 is 1.94 bits per heavy atom. The van der Waals surface area contributed by atoms with Crippen LogP contribution in [-0.2, 0) is 0 Å². The summed E-state index contributed by atoms with van der Waals surface area (Å²) < 4.78 is 0. The molecule has 1 aliphatic heterocycles. The molecule has 1 saturated carbocycles. The van der Waals surface area contributed by atoms with Gasteiger partial charge in [-0.1, -0.05) is 26.7 Å². The van der Waals surface area contributed by atoms with E-state index < -0.39 is 0 Å². The maximum Gasteiger partial charge on any atom is 0.0124 e. The molecule has 2 aliphatic rings. The van der Waals surface area contributed by atoms with Gasteiger partial charge >= 0.3 is 0 Å². The minimum atomic E-state index is 0.339. The second-order valence-electron chi connectivity index (χ2n) is 6.91. The Hall–Kier alpha value is -0.0800. The molecule has 2 atom stereocenters. The number of hydrogen-bond donors (Lipinski definition) is 1. The number of nitrogens with zero attached hydrogens (tertiary/aromatic N) is 1. The maximum absolute atomic E-state index is 5.79. The average Bonchev–Trinajstić information content (AvgIpc) is 2.73. The third-order valence-corrected chi connectivity index (χ3v) is 4.98. The maximum atomic E-state index is 5.79. The van der Waals surface area contributed by atoms with Crippen molar-refractivity contribution in [1.29, 1.82) is 0 Å². The van der Waals surface area contributed by atoms with Crippen molar-refractivity contribution in [2.45, 2.75) is 64.8 Å². The fraction of sp³-hybridized carbons (Fsp3) is 1.00. The van der Waals surface area contributed by atoms with Gasteiger partial charge in [-0.2, -0.15) is 0 Å². The molecule has 2 N–H and O–H groups in total. The van der Waals surface area contributed by atoms with Crippen molar-refractivity contribution in [3.05, 3.63) is 0 Å². The lowest BCUT2D eigenvalue weighted by Crippen LogP contribution is -2.36. The zero-order valence-electron chi connectivity index (χ0n) is 11.8. The first kappa shape index (κ1) is 13.4. The first-order chi connectivity index (χ1) is 8.12. The molecule has 1 saturated heterocycles. The van der Waals surface area contributed by atoms with E-state index in [2.05, 4.69) is 18.7 Å². The van der Waals surface area contributed by atoms with E-state index in [1.807, 2.05) is 0 Å². The smallest absolute Gasteiger partial charge is 0.0124 e. The van der Waals surface area contributed by atoms with E-state index >= 15 is 0 Å². The van der Waals surface area contributed by atoms with Crippen LogP contribution in [0.25, 0.3) is 0 Å². The average molecular weight is 238 g/mol. The summed E-state index contributed by atoms with van der Waals surface area (Å²) in [4.78, 5) is 2.77. The fourth-order valence-electron chi connectivity index (χ4n) is 3.64. The Balaban J connectivity index is 1.73. The molecule has 0 radical (unpaired) electrons. The lowest BCUT2D eigenvalue weighted by Gasteiger charge is -2.32. The lowest BCUT2D eigenvalue weighted by molar-refractivity contribution is 0.172. The van der Waals surface area contributed by atoms with E-state index in [0.29, 0.717) is 5.41 Å². The molecule has 2 heteroatoms. The molecule has 2 nitrogen and oxygen atoms in total. The Morgan fingerprint density at radius 1 is 1.18 bits per heavy atom. The summed E-state index contributed by atoms with van der Waals surface area (Å²) in [6, 6.07) is 0.935. The van der Waals surface area contributed by atoms with Crippen molar-refractivity contribution >= 4 is 0 Å². The first-order valence-corrected chi connectivity index (χ1v) is 7.56. The molecule has 100 valence electrons. The van der Waals surface area contributed by atoms with Gasteiger partial charge in [0.2, 0.25) is 0 Å². The highest BCUT2D eigenvalue weighted by Crippen LogP contribution is 2.36. The molecule has 0 aromatic heterocycles. The summed E-state index contributed by atoms with van der Waals surface area (Å²) in [6.07, 6.45) is 9.97. The second-order valence-corrected chi connectivity index (χ2v) is 6.91. The summed E-state index contributed by atoms with van der Waals surface area (Å²) >= 11 is 0. The first-order valence-electron chi connectivity index (χ1n) is 7.56. The van der Waals surface area contributed by atoms with Gasteiger partial charge in [0.05, 0.1) is 0 Å². The van der Waals surface area contributed by atoms with Crippen LogP contribution in [0.5, 0.6) is 0 Å². The summed E-state index contributed by atoms with van der Waals surface area (Å²) in [5, 5.41) is 0. The highest BCUT2D eigenvalue weighted by molar-refractivity contribution is 4.89.